The van der Waals surface area contributed by atoms with Crippen molar-refractivity contribution < 1.29 is 86.8 Å². The quantitative estimate of drug-likeness (QED) is 0.0510. The highest BCUT2D eigenvalue weighted by Gasteiger charge is 2.49. The first kappa shape index (κ1) is 49.7. The molecule has 0 bridgehead atoms. The third-order valence-corrected chi connectivity index (χ3v) is 12.5. The maximum Gasteiger partial charge on any atom is 0.407 e. The molecule has 5 amide bonds. The van der Waals surface area contributed by atoms with E-state index in [0.717, 1.165) is 23.1 Å². The molecule has 8 N–H and O–H groups in total. The second-order valence-electron chi connectivity index (χ2n) is 16.9. The number of nitrogens with zero attached hydrogens (tertiary/aromatic N) is 3. The summed E-state index contributed by atoms with van der Waals surface area (Å²) in [5.41, 5.74) is -2.65. The minimum atomic E-state index is -2.16. The van der Waals surface area contributed by atoms with Gasteiger partial charge in [-0.1, -0.05) is 13.0 Å². The van der Waals surface area contributed by atoms with Gasteiger partial charge < -0.3 is 65.0 Å². The molecule has 4 aliphatic rings. The fourth-order valence-electron chi connectivity index (χ4n) is 8.53. The Balaban J connectivity index is 1.00. The first-order valence-corrected chi connectivity index (χ1v) is 21.9. The van der Waals surface area contributed by atoms with Crippen LogP contribution in [0.1, 0.15) is 59.6 Å². The molecule has 0 aliphatic carbocycles. The molecule has 0 unspecified atom stereocenters. The van der Waals surface area contributed by atoms with Gasteiger partial charge in [-0.2, -0.15) is 0 Å². The van der Waals surface area contributed by atoms with Crippen LogP contribution in [0.15, 0.2) is 47.3 Å². The number of aliphatic carboxylic acids is 1. The van der Waals surface area contributed by atoms with Crippen LogP contribution in [0.2, 0.25) is 0 Å². The third-order valence-electron chi connectivity index (χ3n) is 12.5. The van der Waals surface area contributed by atoms with Gasteiger partial charge in [0.25, 0.3) is 17.4 Å². The van der Waals surface area contributed by atoms with Gasteiger partial charge in [0.2, 0.25) is 18.1 Å². The molecule has 1 saturated heterocycles. The summed E-state index contributed by atoms with van der Waals surface area (Å²) in [5, 5.41) is 59.3. The summed E-state index contributed by atoms with van der Waals surface area (Å²) in [5.74, 6) is -7.30. The van der Waals surface area contributed by atoms with Crippen LogP contribution in [0.5, 0.6) is 5.75 Å². The number of esters is 1. The largest absolute Gasteiger partial charge is 0.479 e. The van der Waals surface area contributed by atoms with E-state index >= 15 is 8.78 Å². The number of hydrogen-bond acceptors (Lipinski definition) is 17. The number of aromatic nitrogens is 2. The van der Waals surface area contributed by atoms with E-state index in [0.29, 0.717) is 0 Å². The van der Waals surface area contributed by atoms with Crippen molar-refractivity contribution in [3.05, 3.63) is 97.9 Å². The number of aliphatic hydroxyl groups excluding tert-OH is 3. The van der Waals surface area contributed by atoms with E-state index in [-0.39, 0.29) is 106 Å². The highest BCUT2D eigenvalue weighted by Crippen LogP contribution is 2.41. The van der Waals surface area contributed by atoms with Crippen LogP contribution in [-0.2, 0) is 74.9 Å². The summed E-state index contributed by atoms with van der Waals surface area (Å²) in [4.78, 5) is 106. The molecule has 71 heavy (non-hydrogen) atoms. The van der Waals surface area contributed by atoms with Crippen LogP contribution in [0, 0.1) is 18.6 Å². The van der Waals surface area contributed by atoms with Gasteiger partial charge >= 0.3 is 18.0 Å². The SMILES string of the molecule is CC[C@@]1(O)C(=O)OCc2c1cc1n(c2=O)Cc2c-1nc1cc(F)c(C)c(F)c1c2CNC(=O)OCc1ccc(O[C@@H]2O[C@H](C(=O)O)[C@@H](O)[C@H](O)[C@H]2O)c(NC(=O)CCNC(=O)CCN2C(=O)C=CC2=O)c1. The van der Waals surface area contributed by atoms with E-state index in [9.17, 15) is 63.9 Å². The zero-order chi connectivity index (χ0) is 51.2. The molecule has 6 atom stereocenters. The Bertz CT molecular complexity index is 3020. The number of rotatable bonds is 15. The molecule has 2 aromatic heterocycles. The number of pyridine rings is 2. The van der Waals surface area contributed by atoms with Crippen molar-refractivity contribution in [3.63, 3.8) is 0 Å². The lowest BCUT2D eigenvalue weighted by molar-refractivity contribution is -0.271. The van der Waals surface area contributed by atoms with Crippen molar-refractivity contribution in [2.45, 2.75) is 95.7 Å². The van der Waals surface area contributed by atoms with Crippen molar-refractivity contribution in [3.8, 4) is 17.1 Å². The first-order valence-electron chi connectivity index (χ1n) is 21.9. The van der Waals surface area contributed by atoms with Gasteiger partial charge in [-0.15, -0.1) is 0 Å². The van der Waals surface area contributed by atoms with Gasteiger partial charge in [0, 0.05) is 72.8 Å². The zero-order valence-corrected chi connectivity index (χ0v) is 37.5. The summed E-state index contributed by atoms with van der Waals surface area (Å²) in [6.07, 6.45) is -9.72. The third kappa shape index (κ3) is 9.39. The second-order valence-corrected chi connectivity index (χ2v) is 16.9. The lowest BCUT2D eigenvalue weighted by Gasteiger charge is -2.38. The van der Waals surface area contributed by atoms with E-state index in [1.807, 2.05) is 0 Å². The standard InChI is InChI=1S/C46H44F2N6O17/c1-3-46(67)24-13-28-36-22(16-54(28)41(62)23(24)18-68-44(46)65)21(34-27(52-36)14-25(47)19(2)35(34)48)15-50-45(66)69-17-20-4-5-29(70-43-39(61)37(59)38(60)40(71-43)42(63)64)26(12-20)51-31(56)8-10-49-30(55)9-11-53-32(57)6-7-33(53)58/h4-7,12-14,37-40,43,59-61,67H,3,8-11,15-18H2,1-2H3,(H,49,55)(H,50,66)(H,51,56)(H,63,64)/t37-,38-,39+,40-,43+,46-/m0/s1. The molecule has 0 radical (unpaired) electrons. The first-order chi connectivity index (χ1) is 33.7. The molecule has 4 aliphatic heterocycles. The molecular formula is C46H44F2N6O17. The number of fused-ring (bicyclic) bond motifs is 5. The van der Waals surface area contributed by atoms with Crippen LogP contribution >= 0.6 is 0 Å². The Morgan fingerprint density at radius 2 is 1.68 bits per heavy atom. The molecule has 374 valence electrons. The highest BCUT2D eigenvalue weighted by molar-refractivity contribution is 6.13. The number of ether oxygens (including phenoxy) is 4. The van der Waals surface area contributed by atoms with Crippen molar-refractivity contribution in [2.75, 3.05) is 18.4 Å². The van der Waals surface area contributed by atoms with Crippen molar-refractivity contribution in [1.29, 1.82) is 0 Å². The fourth-order valence-corrected chi connectivity index (χ4v) is 8.53. The summed E-state index contributed by atoms with van der Waals surface area (Å²) >= 11 is 0. The summed E-state index contributed by atoms with van der Waals surface area (Å²) in [6.45, 7) is 0.721. The van der Waals surface area contributed by atoms with Gasteiger partial charge in [0.1, 0.15) is 48.9 Å². The number of carboxylic acids is 1. The van der Waals surface area contributed by atoms with Gasteiger partial charge in [-0.05, 0) is 42.7 Å². The molecule has 6 heterocycles. The number of anilines is 1. The Labute approximate surface area is 398 Å². The summed E-state index contributed by atoms with van der Waals surface area (Å²) < 4.78 is 53.8. The molecule has 8 rings (SSSR count). The van der Waals surface area contributed by atoms with Crippen molar-refractivity contribution >= 4 is 58.3 Å². The molecule has 2 aromatic carbocycles. The minimum Gasteiger partial charge on any atom is -0.479 e. The van der Waals surface area contributed by atoms with Gasteiger partial charge in [-0.3, -0.25) is 28.9 Å². The van der Waals surface area contributed by atoms with E-state index in [4.69, 9.17) is 18.9 Å². The number of benzene rings is 2. The zero-order valence-electron chi connectivity index (χ0n) is 37.5. The van der Waals surface area contributed by atoms with Crippen molar-refractivity contribution in [1.82, 2.24) is 25.1 Å². The van der Waals surface area contributed by atoms with Gasteiger partial charge in [0.15, 0.2) is 11.7 Å². The van der Waals surface area contributed by atoms with Gasteiger partial charge in [-0.25, -0.2) is 28.1 Å². The summed E-state index contributed by atoms with van der Waals surface area (Å²) in [7, 11) is 0. The van der Waals surface area contributed by atoms with Crippen LogP contribution in [0.3, 0.4) is 0 Å². The van der Waals surface area contributed by atoms with Crippen LogP contribution in [0.4, 0.5) is 19.3 Å². The maximum absolute atomic E-state index is 16.0. The monoisotopic (exact) mass is 990 g/mol. The molecule has 25 heteroatoms. The molecule has 0 spiro atoms. The number of amides is 5. The summed E-state index contributed by atoms with van der Waals surface area (Å²) in [6, 6.07) is 6.22. The topological polar surface area (TPSA) is 332 Å². The Kier molecular flexibility index (Phi) is 13.7. The number of carbonyl (C=O) groups is 7. The smallest absolute Gasteiger partial charge is 0.407 e. The number of alkyl carbamates (subject to hydrolysis) is 1. The Morgan fingerprint density at radius 3 is 2.38 bits per heavy atom. The van der Waals surface area contributed by atoms with E-state index in [1.54, 1.807) is 0 Å². The fraction of sp³-hybridized carbons (Fsp3) is 0.370. The van der Waals surface area contributed by atoms with Crippen LogP contribution in [-0.4, -0.2) is 125 Å². The molecule has 0 saturated carbocycles. The average molecular weight is 991 g/mol. The number of cyclic esters (lactones) is 1. The van der Waals surface area contributed by atoms with E-state index < -0.39 is 115 Å². The molecule has 1 fully saturated rings. The molecule has 4 aromatic rings. The highest BCUT2D eigenvalue weighted by atomic mass is 19.1. The second kappa shape index (κ2) is 19.6. The Hall–Kier alpha value is -7.71. The average Bonchev–Trinajstić information content (AvgIpc) is 3.87. The molecular weight excluding hydrogens is 947 g/mol. The predicted molar refractivity (Wildman–Crippen MR) is 234 cm³/mol. The normalized spacial score (nSPS) is 22.1. The van der Waals surface area contributed by atoms with E-state index in [1.165, 1.54) is 42.7 Å². The predicted octanol–water partition coefficient (Wildman–Crippen LogP) is 0.124. The number of hydrogen-bond donors (Lipinski definition) is 8. The number of carbonyl (C=O) groups excluding carboxylic acids is 6. The number of carboxylic acid groups (broad SMARTS) is 1. The Morgan fingerprint density at radius 1 is 0.944 bits per heavy atom. The maximum atomic E-state index is 16.0. The number of aliphatic hydroxyl groups is 4. The van der Waals surface area contributed by atoms with Gasteiger partial charge in [0.05, 0.1) is 34.7 Å². The van der Waals surface area contributed by atoms with E-state index in [2.05, 4.69) is 20.9 Å². The minimum absolute atomic E-state index is 0.00535. The number of nitrogens with one attached hydrogen (secondary N) is 3. The van der Waals surface area contributed by atoms with Crippen LogP contribution in [0.25, 0.3) is 22.3 Å². The lowest BCUT2D eigenvalue weighted by atomic mass is 9.86. The lowest BCUT2D eigenvalue weighted by Crippen LogP contribution is -2.61. The number of halogens is 2. The molecule has 23 nitrogen and oxygen atoms in total. The van der Waals surface area contributed by atoms with Crippen molar-refractivity contribution in [2.24, 2.45) is 0 Å². The van der Waals surface area contributed by atoms with Crippen LogP contribution < -0.4 is 26.2 Å². The number of imide groups is 1.